The molecule has 0 aromatic rings. The van der Waals surface area contributed by atoms with Crippen LogP contribution in [0.2, 0.25) is 0 Å². The normalized spacial score (nSPS) is 40.3. The minimum absolute atomic E-state index is 0. The van der Waals surface area contributed by atoms with Gasteiger partial charge in [0.2, 0.25) is 0 Å². The zero-order valence-electron chi connectivity index (χ0n) is 66.9. The minimum atomic E-state index is 0. The van der Waals surface area contributed by atoms with Crippen LogP contribution in [0.25, 0.3) is 0 Å². The maximum atomic E-state index is 2.49. The first kappa shape index (κ1) is 98.0. The molecular weight excluding hydrogens is 1200 g/mol. The van der Waals surface area contributed by atoms with E-state index in [4.69, 9.17) is 0 Å². The summed E-state index contributed by atoms with van der Waals surface area (Å²) in [4.78, 5) is 0. The fraction of sp³-hybridized carbons (Fsp3) is 1.00. The smallest absolute Gasteiger partial charge is 0.0287 e. The lowest BCUT2D eigenvalue weighted by atomic mass is 9.49. The molecule has 2 spiro atoms. The summed E-state index contributed by atoms with van der Waals surface area (Å²) in [5.74, 6) is 18.3. The molecule has 0 heterocycles. The molecule has 5 atom stereocenters. The lowest BCUT2D eigenvalue weighted by molar-refractivity contribution is -0.0545. The Morgan fingerprint density at radius 1 is 0.310 bits per heavy atom. The molecule has 21 aliphatic rings. The van der Waals surface area contributed by atoms with Crippen molar-refractivity contribution in [3.63, 3.8) is 0 Å². The predicted octanol–water partition coefficient (Wildman–Crippen LogP) is 35.1. The van der Waals surface area contributed by atoms with Crippen molar-refractivity contribution < 1.29 is 0 Å². The van der Waals surface area contributed by atoms with Crippen molar-refractivity contribution in [2.24, 2.45) is 155 Å². The number of hydrogen-bond donors (Lipinski definition) is 0. The quantitative estimate of drug-likeness (QED) is 0.259. The van der Waals surface area contributed by atoms with E-state index in [-0.39, 0.29) is 59.4 Å². The zero-order chi connectivity index (χ0) is 66.9. The standard InChI is InChI=1S/C16H30.C12H20.C12H22.C12H24.C11H20.2C10H18.C9H16.8CH4/c1-13-6-8-16(9-7-13)11-14(2,3)10-15(4,5)12-16;1-2-12-6-9-3-10(7-12)5-11(4-9)8-12;1-11-5-9-12(10-6-11)7-3-2-4-8-12;1-7-12(6)8-10(2,3)11(4,5)9-12;1-8-9-4-6-10(7-5-9)11(8,2)3;1-8-7-9-3-5-10(8,2)6-4-9;1-7-8(2)10-5-3-9(7)4-6-10;1-7-6-8-2-4-9(7)5-3-8;;;;;;;;/h13H,6-12H2,1-5H3;9-11H,2-8H2,1H3;11H,2-10H2,1H3;7-9H2,1-6H3;8-10H,4-7H2,1-3H3;8-9H,3-7H2,1-2H3;7-10H,3-6H2,1-2H3;7-9H,2-6H2,1H3;8*1H4/t;;;;2*8-,9?,10?;7-,8?,9?,10?;7-,8?,9?;;;;;;;;/m....1000......../s1. The van der Waals surface area contributed by atoms with E-state index >= 15 is 0 Å². The maximum absolute atomic E-state index is 2.49. The third kappa shape index (κ3) is 24.5. The monoisotopic (exact) mass is 1400 g/mol. The second-order valence-electron chi connectivity index (χ2n) is 44.2. The van der Waals surface area contributed by atoms with Crippen LogP contribution in [0.3, 0.4) is 0 Å². The van der Waals surface area contributed by atoms with Gasteiger partial charge in [0.15, 0.2) is 0 Å². The van der Waals surface area contributed by atoms with E-state index in [1.165, 1.54) is 186 Å². The van der Waals surface area contributed by atoms with Gasteiger partial charge in [-0.2, -0.15) is 0 Å². The fourth-order valence-corrected chi connectivity index (χ4v) is 28.0. The van der Waals surface area contributed by atoms with Gasteiger partial charge in [0.25, 0.3) is 0 Å². The van der Waals surface area contributed by atoms with Gasteiger partial charge >= 0.3 is 0 Å². The average Bonchev–Trinajstić information content (AvgIpc) is 0.882. The zero-order valence-corrected chi connectivity index (χ0v) is 66.9. The Kier molecular flexibility index (Phi) is 38.8. The summed E-state index contributed by atoms with van der Waals surface area (Å²) in [7, 11) is 0. The summed E-state index contributed by atoms with van der Waals surface area (Å²) in [6.45, 7) is 51.5. The van der Waals surface area contributed by atoms with Gasteiger partial charge in [0.05, 0.1) is 0 Å². The Labute approximate surface area is 638 Å². The first-order chi connectivity index (χ1) is 43.0. The lowest BCUT2D eigenvalue weighted by Gasteiger charge is -2.56. The van der Waals surface area contributed by atoms with Crippen LogP contribution < -0.4 is 0 Å². The minimum Gasteiger partial charge on any atom is -0.0776 e. The lowest BCUT2D eigenvalue weighted by Crippen LogP contribution is -2.45. The first-order valence-electron chi connectivity index (χ1n) is 43.0. The molecule has 0 aliphatic heterocycles. The summed E-state index contributed by atoms with van der Waals surface area (Å²) in [5.41, 5.74) is 6.58. The molecule has 1 unspecified atom stereocenters. The highest BCUT2D eigenvalue weighted by Gasteiger charge is 2.53. The third-order valence-electron chi connectivity index (χ3n) is 34.9. The SMILES string of the molecule is C.C.C.C.C.C.C.C.CC1C2CCC(CC2)[C@H]1C.CC1CCC2(CC1)CC(C)(C)CC(C)(C)C2.CC1CCC2(CCCCC2)CC1.CCC1(C)CC(C)(C)C(C)(C)C1.CCC12CC3CC(CC(C3)C1)C2.C[C@@H]1C2CCC(CC2)C1(C)C.C[C@H]1CC2CCC1(C)CC2.C[C@H]1CC2CCC1CC2. The van der Waals surface area contributed by atoms with Gasteiger partial charge in [0, 0.05) is 0 Å². The number of fused-ring (bicyclic) bond motifs is 12. The molecule has 0 N–H and O–H groups in total. The highest BCUT2D eigenvalue weighted by atomic mass is 14.6. The molecule has 100 heavy (non-hydrogen) atoms. The highest BCUT2D eigenvalue weighted by molar-refractivity contribution is 5.04. The summed E-state index contributed by atoms with van der Waals surface area (Å²) in [6, 6.07) is 0. The molecule has 0 heteroatoms. The van der Waals surface area contributed by atoms with E-state index in [9.17, 15) is 0 Å². The van der Waals surface area contributed by atoms with Crippen LogP contribution >= 0.6 is 0 Å². The Balaban J connectivity index is 0.000000567. The summed E-state index contributed by atoms with van der Waals surface area (Å²) >= 11 is 0. The van der Waals surface area contributed by atoms with Crippen molar-refractivity contribution in [3.05, 3.63) is 0 Å². The van der Waals surface area contributed by atoms with Crippen molar-refractivity contribution in [3.8, 4) is 0 Å². The topological polar surface area (TPSA) is 0 Å². The summed E-state index contributed by atoms with van der Waals surface area (Å²) < 4.78 is 0. The second-order valence-corrected chi connectivity index (χ2v) is 44.2. The van der Waals surface area contributed by atoms with Gasteiger partial charge < -0.3 is 0 Å². The molecule has 0 amide bonds. The third-order valence-corrected chi connectivity index (χ3v) is 34.9. The Morgan fingerprint density at radius 2 is 0.690 bits per heavy atom. The maximum Gasteiger partial charge on any atom is -0.0287 e. The van der Waals surface area contributed by atoms with Crippen molar-refractivity contribution in [2.45, 2.75) is 487 Å². The fourth-order valence-electron chi connectivity index (χ4n) is 28.0. The summed E-state index contributed by atoms with van der Waals surface area (Å²) in [6.07, 6.45) is 66.9. The second kappa shape index (κ2) is 39.6. The van der Waals surface area contributed by atoms with Crippen LogP contribution in [0, 0.1) is 155 Å². The highest BCUT2D eigenvalue weighted by Crippen LogP contribution is 2.64. The number of hydrogen-bond acceptors (Lipinski definition) is 0. The van der Waals surface area contributed by atoms with Crippen LogP contribution in [0.15, 0.2) is 0 Å². The van der Waals surface area contributed by atoms with Gasteiger partial charge in [-0.1, -0.05) is 275 Å². The van der Waals surface area contributed by atoms with Crippen molar-refractivity contribution in [2.75, 3.05) is 0 Å². The van der Waals surface area contributed by atoms with Crippen LogP contribution in [-0.4, -0.2) is 0 Å². The molecule has 0 aromatic carbocycles. The van der Waals surface area contributed by atoms with E-state index in [0.29, 0.717) is 37.9 Å². The van der Waals surface area contributed by atoms with Gasteiger partial charge in [-0.05, 0) is 367 Å². The van der Waals surface area contributed by atoms with Gasteiger partial charge in [-0.3, -0.25) is 0 Å². The van der Waals surface area contributed by atoms with E-state index in [1.807, 2.05) is 0 Å². The van der Waals surface area contributed by atoms with Crippen LogP contribution in [0.5, 0.6) is 0 Å². The first-order valence-corrected chi connectivity index (χ1v) is 43.0. The Hall–Kier alpha value is 0. The number of rotatable bonds is 2. The largest absolute Gasteiger partial charge is 0.0776 e. The molecule has 0 aromatic heterocycles. The molecule has 21 aliphatic carbocycles. The van der Waals surface area contributed by atoms with Gasteiger partial charge in [0.1, 0.15) is 0 Å². The van der Waals surface area contributed by atoms with Gasteiger partial charge in [-0.25, -0.2) is 0 Å². The molecule has 21 fully saturated rings. The predicted molar refractivity (Wildman–Crippen MR) is 460 cm³/mol. The molecule has 21 rings (SSSR count). The Morgan fingerprint density at radius 3 is 0.970 bits per heavy atom. The average molecular weight is 1400 g/mol. The van der Waals surface area contributed by atoms with E-state index in [1.54, 1.807) is 96.3 Å². The molecular formula is C100H200. The van der Waals surface area contributed by atoms with E-state index in [2.05, 4.69) is 145 Å². The van der Waals surface area contributed by atoms with Crippen molar-refractivity contribution >= 4 is 0 Å². The summed E-state index contributed by atoms with van der Waals surface area (Å²) in [5, 5.41) is 0. The van der Waals surface area contributed by atoms with Crippen molar-refractivity contribution in [1.29, 1.82) is 0 Å². The molecule has 0 radical (unpaired) electrons. The molecule has 0 nitrogen and oxygen atoms in total. The van der Waals surface area contributed by atoms with Crippen LogP contribution in [0.1, 0.15) is 487 Å². The molecule has 21 saturated carbocycles. The van der Waals surface area contributed by atoms with Crippen LogP contribution in [0.4, 0.5) is 0 Å². The Bertz CT molecular complexity index is 2070. The van der Waals surface area contributed by atoms with Crippen LogP contribution in [-0.2, 0) is 0 Å². The molecule has 600 valence electrons. The van der Waals surface area contributed by atoms with Crippen molar-refractivity contribution in [1.82, 2.24) is 0 Å². The van der Waals surface area contributed by atoms with E-state index < -0.39 is 0 Å². The van der Waals surface area contributed by atoms with Gasteiger partial charge in [-0.15, -0.1) is 0 Å². The molecule has 12 bridgehead atoms. The molecule has 0 saturated heterocycles. The van der Waals surface area contributed by atoms with E-state index in [0.717, 1.165) is 117 Å².